The topological polar surface area (TPSA) is 149 Å². The van der Waals surface area contributed by atoms with Gasteiger partial charge >= 0.3 is 18.1 Å². The first-order valence-electron chi connectivity index (χ1n) is 7.78. The Morgan fingerprint density at radius 2 is 1.77 bits per heavy atom. The van der Waals surface area contributed by atoms with Crippen LogP contribution in [0, 0.1) is 0 Å². The Labute approximate surface area is 186 Å². The summed E-state index contributed by atoms with van der Waals surface area (Å²) >= 11 is 5.25. The number of rotatable bonds is 7. The van der Waals surface area contributed by atoms with Gasteiger partial charge in [0.25, 0.3) is 10.0 Å². The van der Waals surface area contributed by atoms with Crippen molar-refractivity contribution in [1.29, 1.82) is 0 Å². The van der Waals surface area contributed by atoms with Gasteiger partial charge in [0.05, 0.1) is 24.0 Å². The van der Waals surface area contributed by atoms with Gasteiger partial charge in [-0.05, 0) is 27.4 Å². The molecule has 3 aromatic heterocycles. The maximum Gasteiger partial charge on any atom is 0.335 e. The van der Waals surface area contributed by atoms with E-state index in [9.17, 15) is 18.0 Å². The normalized spacial score (nSPS) is 11.0. The zero-order chi connectivity index (χ0) is 21.9. The van der Waals surface area contributed by atoms with E-state index in [4.69, 9.17) is 9.47 Å². The quantitative estimate of drug-likeness (QED) is 0.436. The summed E-state index contributed by atoms with van der Waals surface area (Å²) in [7, 11) is -1.82. The molecule has 11 nitrogen and oxygen atoms in total. The lowest BCUT2D eigenvalue weighted by atomic mass is 10.3. The van der Waals surface area contributed by atoms with E-state index in [1.165, 1.54) is 30.9 Å². The molecule has 0 aliphatic carbocycles. The Balaban J connectivity index is 1.85. The van der Waals surface area contributed by atoms with Crippen molar-refractivity contribution in [2.75, 3.05) is 19.5 Å². The zero-order valence-electron chi connectivity index (χ0n) is 15.2. The third-order valence-corrected chi connectivity index (χ3v) is 7.92. The highest BCUT2D eigenvalue weighted by atomic mass is 79.9. The lowest BCUT2D eigenvalue weighted by Crippen LogP contribution is -2.35. The van der Waals surface area contributed by atoms with Crippen LogP contribution in [0.2, 0.25) is 0 Å². The summed E-state index contributed by atoms with van der Waals surface area (Å²) in [6.45, 7) is 0. The van der Waals surface area contributed by atoms with Crippen molar-refractivity contribution in [3.63, 3.8) is 0 Å². The van der Waals surface area contributed by atoms with Crippen molar-refractivity contribution in [1.82, 2.24) is 19.7 Å². The SMILES string of the molecule is COc1nc(NC(=O)NS(=O)(=O)c2c(Br)csc2C(=O)c2cccs2)nc(OC)n1. The summed E-state index contributed by atoms with van der Waals surface area (Å²) in [5, 5.41) is 5.31. The number of halogens is 1. The number of hydrogen-bond acceptors (Lipinski definition) is 11. The van der Waals surface area contributed by atoms with Gasteiger partial charge in [0.15, 0.2) is 0 Å². The first-order valence-corrected chi connectivity index (χ1v) is 11.8. The van der Waals surface area contributed by atoms with Crippen LogP contribution in [0.15, 0.2) is 32.3 Å². The van der Waals surface area contributed by atoms with Gasteiger partial charge in [0.1, 0.15) is 4.90 Å². The second-order valence-corrected chi connectivity index (χ2v) is 9.54. The summed E-state index contributed by atoms with van der Waals surface area (Å²) in [5.41, 5.74) is 0. The molecule has 0 radical (unpaired) electrons. The van der Waals surface area contributed by atoms with Gasteiger partial charge in [0, 0.05) is 9.85 Å². The number of methoxy groups -OCH3 is 2. The number of urea groups is 1. The van der Waals surface area contributed by atoms with Crippen LogP contribution in [0.3, 0.4) is 0 Å². The first kappa shape index (κ1) is 22.1. The van der Waals surface area contributed by atoms with E-state index in [0.717, 1.165) is 11.3 Å². The molecule has 0 fully saturated rings. The van der Waals surface area contributed by atoms with Crippen LogP contribution in [0.1, 0.15) is 14.5 Å². The Kier molecular flexibility index (Phi) is 6.64. The number of thiophene rings is 2. The van der Waals surface area contributed by atoms with Gasteiger partial charge in [-0.3, -0.25) is 10.1 Å². The van der Waals surface area contributed by atoms with Crippen molar-refractivity contribution < 1.29 is 27.5 Å². The standard InChI is InChI=1S/C15H12BrN5O6S3/c1-26-14-18-12(19-15(20-14)27-2)17-13(23)21-30(24,25)11-7(16)6-29-10(11)9(22)8-4-3-5-28-8/h3-6H,1-2H3,(H2,17,18,19,20,21,23). The number of ether oxygens (including phenoxy) is 2. The van der Waals surface area contributed by atoms with Gasteiger partial charge in [-0.2, -0.15) is 9.97 Å². The number of carbonyl (C=O) groups is 2. The second-order valence-electron chi connectivity index (χ2n) is 5.24. The molecule has 0 saturated heterocycles. The van der Waals surface area contributed by atoms with Gasteiger partial charge in [-0.25, -0.2) is 17.9 Å². The molecule has 2 amide bonds. The van der Waals surface area contributed by atoms with Crippen LogP contribution in [-0.2, 0) is 10.0 Å². The summed E-state index contributed by atoms with van der Waals surface area (Å²) in [6, 6.07) is 1.81. The highest BCUT2D eigenvalue weighted by molar-refractivity contribution is 9.10. The summed E-state index contributed by atoms with van der Waals surface area (Å²) in [6.07, 6.45) is 0. The minimum absolute atomic E-state index is 0.0341. The lowest BCUT2D eigenvalue weighted by Gasteiger charge is -2.09. The van der Waals surface area contributed by atoms with E-state index < -0.39 is 21.8 Å². The molecule has 0 atom stereocenters. The fraction of sp³-hybridized carbons (Fsp3) is 0.133. The lowest BCUT2D eigenvalue weighted by molar-refractivity contribution is 0.104. The number of nitrogens with one attached hydrogen (secondary N) is 2. The molecule has 0 spiro atoms. The monoisotopic (exact) mass is 533 g/mol. The maximum absolute atomic E-state index is 12.8. The third-order valence-electron chi connectivity index (χ3n) is 3.34. The predicted molar refractivity (Wildman–Crippen MR) is 112 cm³/mol. The fourth-order valence-electron chi connectivity index (χ4n) is 2.13. The third kappa shape index (κ3) is 4.75. The van der Waals surface area contributed by atoms with Crippen LogP contribution < -0.4 is 19.5 Å². The minimum atomic E-state index is -4.41. The average molecular weight is 534 g/mol. The maximum atomic E-state index is 12.8. The largest absolute Gasteiger partial charge is 0.467 e. The first-order chi connectivity index (χ1) is 14.2. The summed E-state index contributed by atoms with van der Waals surface area (Å²) in [5.74, 6) is -0.765. The number of anilines is 1. The van der Waals surface area contributed by atoms with Crippen LogP contribution in [-0.4, -0.2) is 49.4 Å². The van der Waals surface area contributed by atoms with E-state index >= 15 is 0 Å². The number of sulfonamides is 1. The molecular formula is C15H12BrN5O6S3. The summed E-state index contributed by atoms with van der Waals surface area (Å²) < 4.78 is 37.3. The van der Waals surface area contributed by atoms with Crippen LogP contribution in [0.5, 0.6) is 12.0 Å². The van der Waals surface area contributed by atoms with E-state index in [0.29, 0.717) is 4.88 Å². The molecule has 158 valence electrons. The molecule has 30 heavy (non-hydrogen) atoms. The van der Waals surface area contributed by atoms with Gasteiger partial charge in [-0.15, -0.1) is 27.7 Å². The van der Waals surface area contributed by atoms with Gasteiger partial charge in [-0.1, -0.05) is 6.07 Å². The molecule has 0 aliphatic rings. The van der Waals surface area contributed by atoms with Crippen molar-refractivity contribution in [3.05, 3.63) is 37.1 Å². The molecule has 0 saturated carbocycles. The van der Waals surface area contributed by atoms with Gasteiger partial charge in [0.2, 0.25) is 11.7 Å². The molecule has 3 aromatic rings. The Hall–Kier alpha value is -2.62. The zero-order valence-corrected chi connectivity index (χ0v) is 19.2. The van der Waals surface area contributed by atoms with E-state index in [-0.39, 0.29) is 32.2 Å². The Morgan fingerprint density at radius 1 is 1.10 bits per heavy atom. The second kappa shape index (κ2) is 9.03. The highest BCUT2D eigenvalue weighted by Crippen LogP contribution is 2.34. The van der Waals surface area contributed by atoms with Crippen molar-refractivity contribution in [2.45, 2.75) is 4.90 Å². The average Bonchev–Trinajstić information content (AvgIpc) is 3.36. The van der Waals surface area contributed by atoms with Gasteiger partial charge < -0.3 is 9.47 Å². The van der Waals surface area contributed by atoms with Crippen molar-refractivity contribution in [3.8, 4) is 12.0 Å². The number of amides is 2. The van der Waals surface area contributed by atoms with Crippen molar-refractivity contribution in [2.24, 2.45) is 0 Å². The molecule has 3 rings (SSSR count). The molecule has 0 aliphatic heterocycles. The minimum Gasteiger partial charge on any atom is -0.467 e. The molecule has 3 heterocycles. The molecule has 2 N–H and O–H groups in total. The van der Waals surface area contributed by atoms with Crippen LogP contribution in [0.25, 0.3) is 0 Å². The Bertz CT molecular complexity index is 1170. The molecule has 0 aromatic carbocycles. The van der Waals surface area contributed by atoms with E-state index in [2.05, 4.69) is 36.2 Å². The smallest absolute Gasteiger partial charge is 0.335 e. The number of ketones is 1. The number of nitrogens with zero attached hydrogens (tertiary/aromatic N) is 3. The van der Waals surface area contributed by atoms with Crippen LogP contribution in [0.4, 0.5) is 10.7 Å². The van der Waals surface area contributed by atoms with Crippen molar-refractivity contribution >= 4 is 66.4 Å². The highest BCUT2D eigenvalue weighted by Gasteiger charge is 2.30. The number of aromatic nitrogens is 3. The fourth-order valence-corrected chi connectivity index (χ4v) is 6.48. The Morgan fingerprint density at radius 3 is 2.33 bits per heavy atom. The number of carbonyl (C=O) groups excluding carboxylic acids is 2. The van der Waals surface area contributed by atoms with E-state index in [1.807, 2.05) is 4.72 Å². The van der Waals surface area contributed by atoms with Crippen LogP contribution >= 0.6 is 38.6 Å². The molecular weight excluding hydrogens is 522 g/mol. The molecule has 0 unspecified atom stereocenters. The molecule has 15 heteroatoms. The number of hydrogen-bond donors (Lipinski definition) is 2. The molecule has 0 bridgehead atoms. The van der Waals surface area contributed by atoms with E-state index in [1.54, 1.807) is 17.5 Å². The predicted octanol–water partition coefficient (Wildman–Crippen LogP) is 2.52. The summed E-state index contributed by atoms with van der Waals surface area (Å²) in [4.78, 5) is 36.2.